The number of aliphatic hydroxyl groups excluding tert-OH is 3. The SMILES string of the molecule is CCC(CO)(CO)CO.NC(=O)NC(=O)/C=C\C(=O)O.NC(=O)NC(=O)/C=C\C(=O)O.NC(=O)NC(=O)/C=C\C(=O)O. The lowest BCUT2D eigenvalue weighted by Gasteiger charge is -2.24. The van der Waals surface area contributed by atoms with E-state index >= 15 is 0 Å². The molecule has 0 unspecified atom stereocenters. The molecule has 0 heterocycles. The molecule has 0 aliphatic rings. The number of hydrogen-bond acceptors (Lipinski definition) is 12. The minimum atomic E-state index is -1.27. The van der Waals surface area contributed by atoms with Crippen LogP contribution in [0.25, 0.3) is 0 Å². The van der Waals surface area contributed by atoms with Crippen molar-refractivity contribution in [1.82, 2.24) is 16.0 Å². The number of nitrogens with one attached hydrogen (secondary N) is 3. The fourth-order valence-electron chi connectivity index (χ4n) is 1.42. The van der Waals surface area contributed by atoms with Gasteiger partial charge in [-0.2, -0.15) is 0 Å². The van der Waals surface area contributed by atoms with Crippen molar-refractivity contribution in [2.75, 3.05) is 19.8 Å². The van der Waals surface area contributed by atoms with Crippen LogP contribution in [0, 0.1) is 5.41 Å². The zero-order chi connectivity index (χ0) is 33.9. The van der Waals surface area contributed by atoms with Crippen molar-refractivity contribution in [3.63, 3.8) is 0 Å². The molecule has 21 nitrogen and oxygen atoms in total. The van der Waals surface area contributed by atoms with Gasteiger partial charge in [0.1, 0.15) is 0 Å². The molecule has 0 fully saturated rings. The first kappa shape index (κ1) is 43.4. The van der Waals surface area contributed by atoms with Gasteiger partial charge < -0.3 is 47.8 Å². The Kier molecular flexibility index (Phi) is 26.4. The van der Waals surface area contributed by atoms with Gasteiger partial charge in [0.2, 0.25) is 0 Å². The Hall–Kier alpha value is -5.67. The average molecular weight is 609 g/mol. The first-order valence-electron chi connectivity index (χ1n) is 10.7. The second-order valence-corrected chi connectivity index (χ2v) is 6.90. The normalized spacial score (nSPS) is 10.0. The molecule has 0 aliphatic heterocycles. The lowest BCUT2D eigenvalue weighted by Crippen LogP contribution is -2.33. The molecule has 9 amide bonds. The highest BCUT2D eigenvalue weighted by Crippen LogP contribution is 2.18. The van der Waals surface area contributed by atoms with E-state index in [9.17, 15) is 43.2 Å². The van der Waals surface area contributed by atoms with E-state index in [1.54, 1.807) is 16.0 Å². The molecule has 21 heteroatoms. The van der Waals surface area contributed by atoms with Gasteiger partial charge >= 0.3 is 36.0 Å². The molecule has 42 heavy (non-hydrogen) atoms. The van der Waals surface area contributed by atoms with Crippen LogP contribution in [0.4, 0.5) is 14.4 Å². The standard InChI is InChI=1S/C6H14O3.3C5H6N2O4/c1-2-6(3-7,4-8)5-9;3*6-5(11)7-3(8)1-2-4(9)10/h7-9H,2-5H2,1H3;3*1-2H,(H,9,10)(H3,6,7,8,11)/b;3*2-1-. The number of urea groups is 3. The number of imide groups is 3. The molecule has 0 saturated heterocycles. The fourth-order valence-corrected chi connectivity index (χ4v) is 1.42. The van der Waals surface area contributed by atoms with Gasteiger partial charge in [-0.3, -0.25) is 30.3 Å². The zero-order valence-electron chi connectivity index (χ0n) is 21.9. The molecule has 0 rings (SSSR count). The number of carboxylic acids is 3. The van der Waals surface area contributed by atoms with Crippen LogP contribution in [-0.4, -0.2) is 104 Å². The van der Waals surface area contributed by atoms with Gasteiger partial charge in [0, 0.05) is 41.9 Å². The lowest BCUT2D eigenvalue weighted by atomic mass is 9.88. The summed E-state index contributed by atoms with van der Waals surface area (Å²) in [4.78, 5) is 90.5. The molecule has 15 N–H and O–H groups in total. The first-order chi connectivity index (χ1) is 19.3. The quantitative estimate of drug-likeness (QED) is 0.105. The molecule has 0 spiro atoms. The highest BCUT2D eigenvalue weighted by Gasteiger charge is 2.24. The summed E-state index contributed by atoms with van der Waals surface area (Å²) < 4.78 is 0. The molecule has 0 atom stereocenters. The van der Waals surface area contributed by atoms with Gasteiger partial charge in [0.05, 0.1) is 19.8 Å². The summed E-state index contributed by atoms with van der Waals surface area (Å²) >= 11 is 0. The molecular weight excluding hydrogens is 576 g/mol. The summed E-state index contributed by atoms with van der Waals surface area (Å²) in [6.07, 6.45) is 4.44. The number of carbonyl (C=O) groups is 9. The Morgan fingerprint density at radius 1 is 0.524 bits per heavy atom. The summed E-state index contributed by atoms with van der Waals surface area (Å²) in [6.45, 7) is 1.35. The average Bonchev–Trinajstić information content (AvgIpc) is 2.87. The van der Waals surface area contributed by atoms with E-state index in [-0.39, 0.29) is 19.8 Å². The van der Waals surface area contributed by atoms with Gasteiger partial charge in [0.15, 0.2) is 0 Å². The number of primary amides is 3. The van der Waals surface area contributed by atoms with E-state index in [4.69, 9.17) is 30.6 Å². The smallest absolute Gasteiger partial charge is 0.328 e. The van der Waals surface area contributed by atoms with Crippen LogP contribution < -0.4 is 33.2 Å². The third kappa shape index (κ3) is 34.3. The molecule has 0 radical (unpaired) electrons. The third-order valence-electron chi connectivity index (χ3n) is 3.63. The van der Waals surface area contributed by atoms with Crippen molar-refractivity contribution in [1.29, 1.82) is 0 Å². The van der Waals surface area contributed by atoms with E-state index in [0.717, 1.165) is 0 Å². The largest absolute Gasteiger partial charge is 0.478 e. The number of aliphatic carboxylic acids is 3. The molecule has 0 bridgehead atoms. The minimum absolute atomic E-state index is 0.156. The maximum Gasteiger partial charge on any atom is 0.328 e. The first-order valence-corrected chi connectivity index (χ1v) is 10.7. The maximum absolute atomic E-state index is 10.4. The summed E-state index contributed by atoms with van der Waals surface area (Å²) in [5.41, 5.74) is 13.0. The van der Waals surface area contributed by atoms with Gasteiger partial charge in [-0.15, -0.1) is 0 Å². The number of rotatable bonds is 10. The van der Waals surface area contributed by atoms with Crippen LogP contribution >= 0.6 is 0 Å². The van der Waals surface area contributed by atoms with Crippen molar-refractivity contribution in [3.8, 4) is 0 Å². The second kappa shape index (κ2) is 25.6. The molecule has 0 saturated carbocycles. The van der Waals surface area contributed by atoms with Crippen molar-refractivity contribution < 1.29 is 73.8 Å². The lowest BCUT2D eigenvalue weighted by molar-refractivity contribution is -0.132. The second-order valence-electron chi connectivity index (χ2n) is 6.90. The van der Waals surface area contributed by atoms with E-state index in [2.05, 4.69) is 17.2 Å². The Morgan fingerprint density at radius 3 is 0.833 bits per heavy atom. The molecule has 0 aromatic heterocycles. The molecule has 0 aliphatic carbocycles. The Labute approximate surface area is 236 Å². The predicted molar refractivity (Wildman–Crippen MR) is 137 cm³/mol. The molecule has 236 valence electrons. The predicted octanol–water partition coefficient (Wildman–Crippen LogP) is -4.17. The van der Waals surface area contributed by atoms with Crippen molar-refractivity contribution >= 4 is 53.7 Å². The van der Waals surface area contributed by atoms with Gasteiger partial charge in [-0.25, -0.2) is 28.8 Å². The number of amides is 9. The number of carboxylic acid groups (broad SMARTS) is 3. The number of nitrogens with two attached hydrogens (primary N) is 3. The highest BCUT2D eigenvalue weighted by molar-refractivity contribution is 6.03. The highest BCUT2D eigenvalue weighted by atomic mass is 16.4. The number of hydrogen-bond donors (Lipinski definition) is 12. The van der Waals surface area contributed by atoms with Crippen molar-refractivity contribution in [3.05, 3.63) is 36.5 Å². The minimum Gasteiger partial charge on any atom is -0.478 e. The number of aliphatic hydroxyl groups is 3. The monoisotopic (exact) mass is 608 g/mol. The molecular formula is C21H32N6O15. The van der Waals surface area contributed by atoms with Crippen LogP contribution in [-0.2, 0) is 28.8 Å². The summed E-state index contributed by atoms with van der Waals surface area (Å²) in [5, 5.41) is 55.0. The Balaban J connectivity index is -0.000000230. The maximum atomic E-state index is 10.4. The van der Waals surface area contributed by atoms with Gasteiger partial charge in [0.25, 0.3) is 17.7 Å². The molecule has 0 aromatic rings. The van der Waals surface area contributed by atoms with Crippen LogP contribution in [0.15, 0.2) is 36.5 Å². The zero-order valence-corrected chi connectivity index (χ0v) is 21.9. The van der Waals surface area contributed by atoms with Gasteiger partial charge in [-0.1, -0.05) is 6.92 Å². The Bertz CT molecular complexity index is 917. The van der Waals surface area contributed by atoms with Crippen molar-refractivity contribution in [2.24, 2.45) is 22.6 Å². The number of carbonyl (C=O) groups excluding carboxylic acids is 6. The van der Waals surface area contributed by atoms with Crippen LogP contribution in [0.1, 0.15) is 13.3 Å². The van der Waals surface area contributed by atoms with Crippen molar-refractivity contribution in [2.45, 2.75) is 13.3 Å². The third-order valence-corrected chi connectivity index (χ3v) is 3.63. The van der Waals surface area contributed by atoms with Crippen LogP contribution in [0.2, 0.25) is 0 Å². The van der Waals surface area contributed by atoms with Crippen LogP contribution in [0.3, 0.4) is 0 Å². The van der Waals surface area contributed by atoms with E-state index in [1.807, 2.05) is 6.92 Å². The van der Waals surface area contributed by atoms with Crippen LogP contribution in [0.5, 0.6) is 0 Å². The van der Waals surface area contributed by atoms with E-state index in [0.29, 0.717) is 42.9 Å². The van der Waals surface area contributed by atoms with E-state index < -0.39 is 59.1 Å². The van der Waals surface area contributed by atoms with Gasteiger partial charge in [-0.05, 0) is 6.42 Å². The summed E-state index contributed by atoms with van der Waals surface area (Å²) in [5.74, 6) is -6.40. The fraction of sp³-hybridized carbons (Fsp3) is 0.286. The molecule has 0 aromatic carbocycles. The van der Waals surface area contributed by atoms with E-state index in [1.165, 1.54) is 0 Å². The Morgan fingerprint density at radius 2 is 0.738 bits per heavy atom. The topological polar surface area (TPSA) is 389 Å². The summed E-state index contributed by atoms with van der Waals surface area (Å²) in [7, 11) is 0. The summed E-state index contributed by atoms with van der Waals surface area (Å²) in [6, 6.07) is -3.07.